The molecule has 0 amide bonds. The van der Waals surface area contributed by atoms with E-state index in [0.29, 0.717) is 23.4 Å². The summed E-state index contributed by atoms with van der Waals surface area (Å²) < 4.78 is 22.5. The van der Waals surface area contributed by atoms with Crippen LogP contribution < -0.4 is 0 Å². The highest BCUT2D eigenvalue weighted by Crippen LogP contribution is 2.23. The molecule has 1 aromatic carbocycles. The van der Waals surface area contributed by atoms with Crippen molar-refractivity contribution in [1.29, 1.82) is 0 Å². The van der Waals surface area contributed by atoms with E-state index < -0.39 is 9.84 Å². The van der Waals surface area contributed by atoms with Gasteiger partial charge in [0.1, 0.15) is 0 Å². The molecule has 1 aromatic rings. The molecule has 0 saturated carbocycles. The van der Waals surface area contributed by atoms with Gasteiger partial charge in [-0.05, 0) is 36.6 Å². The Morgan fingerprint density at radius 3 is 2.47 bits per heavy atom. The van der Waals surface area contributed by atoms with Crippen molar-refractivity contribution in [2.45, 2.75) is 12.8 Å². The van der Waals surface area contributed by atoms with E-state index in [2.05, 4.69) is 0 Å². The fourth-order valence-corrected chi connectivity index (χ4v) is 4.04. The predicted octanol–water partition coefficient (Wildman–Crippen LogP) is 2.35. The molecule has 17 heavy (non-hydrogen) atoms. The van der Waals surface area contributed by atoms with Gasteiger partial charge in [-0.25, -0.2) is 8.42 Å². The van der Waals surface area contributed by atoms with Crippen LogP contribution in [0.2, 0.25) is 5.02 Å². The van der Waals surface area contributed by atoms with Crippen LogP contribution in [-0.2, 0) is 9.84 Å². The number of Topliss-reactive ketones (excluding diaryl/α,β-unsaturated/α-hetero) is 1. The molecule has 0 radical (unpaired) electrons. The number of hydrogen-bond donors (Lipinski definition) is 0. The van der Waals surface area contributed by atoms with Gasteiger partial charge in [0.15, 0.2) is 15.6 Å². The average Bonchev–Trinajstić information content (AvgIpc) is 2.59. The second kappa shape index (κ2) is 4.78. The number of ketones is 1. The van der Waals surface area contributed by atoms with E-state index in [9.17, 15) is 13.2 Å². The van der Waals surface area contributed by atoms with Gasteiger partial charge in [-0.15, -0.1) is 0 Å². The van der Waals surface area contributed by atoms with Crippen LogP contribution in [0, 0.1) is 5.92 Å². The molecular formula is C12H13ClO3S. The molecule has 1 heterocycles. The third kappa shape index (κ3) is 3.30. The fraction of sp³-hybridized carbons (Fsp3) is 0.417. The van der Waals surface area contributed by atoms with Gasteiger partial charge in [-0.1, -0.05) is 11.6 Å². The summed E-state index contributed by atoms with van der Waals surface area (Å²) in [6.07, 6.45) is 0.905. The Morgan fingerprint density at radius 2 is 1.94 bits per heavy atom. The van der Waals surface area contributed by atoms with Crippen LogP contribution in [0.4, 0.5) is 0 Å². The number of carbonyl (C=O) groups is 1. The molecular weight excluding hydrogens is 260 g/mol. The van der Waals surface area contributed by atoms with Gasteiger partial charge in [-0.2, -0.15) is 0 Å². The first kappa shape index (κ1) is 12.6. The molecule has 1 atom stereocenters. The predicted molar refractivity (Wildman–Crippen MR) is 67.2 cm³/mol. The minimum Gasteiger partial charge on any atom is -0.294 e. The first-order chi connectivity index (χ1) is 7.96. The molecule has 5 heteroatoms. The van der Waals surface area contributed by atoms with Crippen molar-refractivity contribution >= 4 is 27.2 Å². The summed E-state index contributed by atoms with van der Waals surface area (Å²) in [5, 5.41) is 0.588. The van der Waals surface area contributed by atoms with E-state index in [1.165, 1.54) is 0 Å². The standard InChI is InChI=1S/C12H13ClO3S/c13-11-3-1-10(2-4-11)12(14)7-9-5-6-17(15,16)8-9/h1-4,9H,5-8H2. The topological polar surface area (TPSA) is 51.2 Å². The molecule has 1 unspecified atom stereocenters. The van der Waals surface area contributed by atoms with E-state index in [1.54, 1.807) is 24.3 Å². The molecule has 0 spiro atoms. The second-order valence-corrected chi connectivity index (χ2v) is 7.07. The van der Waals surface area contributed by atoms with Crippen LogP contribution in [0.1, 0.15) is 23.2 Å². The lowest BCUT2D eigenvalue weighted by molar-refractivity contribution is 0.0965. The summed E-state index contributed by atoms with van der Waals surface area (Å²) in [6, 6.07) is 6.68. The Morgan fingerprint density at radius 1 is 1.29 bits per heavy atom. The van der Waals surface area contributed by atoms with Crippen molar-refractivity contribution in [3.63, 3.8) is 0 Å². The van der Waals surface area contributed by atoms with Gasteiger partial charge >= 0.3 is 0 Å². The van der Waals surface area contributed by atoms with Crippen LogP contribution >= 0.6 is 11.6 Å². The van der Waals surface area contributed by atoms with Crippen molar-refractivity contribution in [3.8, 4) is 0 Å². The van der Waals surface area contributed by atoms with E-state index in [0.717, 1.165) is 0 Å². The maximum Gasteiger partial charge on any atom is 0.163 e. The number of halogens is 1. The normalized spacial score (nSPS) is 22.5. The quantitative estimate of drug-likeness (QED) is 0.794. The van der Waals surface area contributed by atoms with Gasteiger partial charge in [-0.3, -0.25) is 4.79 Å². The summed E-state index contributed by atoms with van der Waals surface area (Å²) in [7, 11) is -2.90. The van der Waals surface area contributed by atoms with E-state index in [4.69, 9.17) is 11.6 Å². The minimum atomic E-state index is -2.90. The number of rotatable bonds is 3. The Kier molecular flexibility index (Phi) is 3.54. The zero-order chi connectivity index (χ0) is 12.5. The number of carbonyl (C=O) groups excluding carboxylic acids is 1. The van der Waals surface area contributed by atoms with Crippen molar-refractivity contribution in [2.75, 3.05) is 11.5 Å². The molecule has 0 N–H and O–H groups in total. The summed E-state index contributed by atoms with van der Waals surface area (Å²) in [5.41, 5.74) is 0.596. The van der Waals surface area contributed by atoms with E-state index >= 15 is 0 Å². The first-order valence-corrected chi connectivity index (χ1v) is 7.65. The van der Waals surface area contributed by atoms with Gasteiger partial charge < -0.3 is 0 Å². The smallest absolute Gasteiger partial charge is 0.163 e. The molecule has 1 aliphatic rings. The highest BCUT2D eigenvalue weighted by Gasteiger charge is 2.29. The van der Waals surface area contributed by atoms with Crippen LogP contribution in [0.5, 0.6) is 0 Å². The third-order valence-electron chi connectivity index (χ3n) is 2.97. The van der Waals surface area contributed by atoms with Crippen LogP contribution in [0.15, 0.2) is 24.3 Å². The number of hydrogen-bond acceptors (Lipinski definition) is 3. The maximum atomic E-state index is 11.9. The highest BCUT2D eigenvalue weighted by atomic mass is 35.5. The zero-order valence-electron chi connectivity index (χ0n) is 9.23. The molecule has 1 fully saturated rings. The molecule has 0 bridgehead atoms. The first-order valence-electron chi connectivity index (χ1n) is 5.45. The van der Waals surface area contributed by atoms with Crippen molar-refractivity contribution < 1.29 is 13.2 Å². The lowest BCUT2D eigenvalue weighted by Gasteiger charge is -2.06. The second-order valence-electron chi connectivity index (χ2n) is 4.40. The Bertz CT molecular complexity index is 519. The van der Waals surface area contributed by atoms with Gasteiger partial charge in [0.2, 0.25) is 0 Å². The average molecular weight is 273 g/mol. The Balaban J connectivity index is 2.01. The summed E-state index contributed by atoms with van der Waals surface area (Å²) in [4.78, 5) is 11.9. The lowest BCUT2D eigenvalue weighted by Crippen LogP contribution is -2.10. The van der Waals surface area contributed by atoms with Gasteiger partial charge in [0, 0.05) is 17.0 Å². The molecule has 3 nitrogen and oxygen atoms in total. The van der Waals surface area contributed by atoms with Gasteiger partial charge in [0.05, 0.1) is 11.5 Å². The van der Waals surface area contributed by atoms with Crippen LogP contribution in [0.25, 0.3) is 0 Å². The Labute approximate surface area is 106 Å². The molecule has 0 aliphatic carbocycles. The monoisotopic (exact) mass is 272 g/mol. The highest BCUT2D eigenvalue weighted by molar-refractivity contribution is 7.91. The van der Waals surface area contributed by atoms with Crippen molar-refractivity contribution in [1.82, 2.24) is 0 Å². The van der Waals surface area contributed by atoms with E-state index in [-0.39, 0.29) is 23.2 Å². The molecule has 2 rings (SSSR count). The van der Waals surface area contributed by atoms with Gasteiger partial charge in [0.25, 0.3) is 0 Å². The maximum absolute atomic E-state index is 11.9. The van der Waals surface area contributed by atoms with Crippen LogP contribution in [-0.4, -0.2) is 25.7 Å². The lowest BCUT2D eigenvalue weighted by atomic mass is 9.98. The fourth-order valence-electron chi connectivity index (χ4n) is 2.05. The third-order valence-corrected chi connectivity index (χ3v) is 5.06. The minimum absolute atomic E-state index is 0.0104. The zero-order valence-corrected chi connectivity index (χ0v) is 10.8. The SMILES string of the molecule is O=C(CC1CCS(=O)(=O)C1)c1ccc(Cl)cc1. The van der Waals surface area contributed by atoms with Crippen LogP contribution in [0.3, 0.4) is 0 Å². The number of benzene rings is 1. The largest absolute Gasteiger partial charge is 0.294 e. The molecule has 1 saturated heterocycles. The summed E-state index contributed by atoms with van der Waals surface area (Å²) in [5.74, 6) is 0.324. The molecule has 0 aromatic heterocycles. The molecule has 1 aliphatic heterocycles. The summed E-state index contributed by atoms with van der Waals surface area (Å²) >= 11 is 5.73. The van der Waals surface area contributed by atoms with E-state index in [1.807, 2.05) is 0 Å². The number of sulfone groups is 1. The summed E-state index contributed by atoms with van der Waals surface area (Å²) in [6.45, 7) is 0. The van der Waals surface area contributed by atoms with Crippen molar-refractivity contribution in [3.05, 3.63) is 34.9 Å². The molecule has 92 valence electrons. The van der Waals surface area contributed by atoms with Crippen molar-refractivity contribution in [2.24, 2.45) is 5.92 Å². The Hall–Kier alpha value is -0.870.